The molecule has 1 aromatic heterocycles. The molecule has 1 saturated heterocycles. The SMILES string of the molecule is COc1cc2c(Oc3ccc(C(N)=O)cc3F)ccnc2cc1OCCCN1CCC(C)CC1. The largest absolute Gasteiger partial charge is 0.493 e. The maximum Gasteiger partial charge on any atom is 0.248 e. The van der Waals surface area contributed by atoms with Gasteiger partial charge in [0.25, 0.3) is 0 Å². The summed E-state index contributed by atoms with van der Waals surface area (Å²) in [6.45, 7) is 6.20. The molecule has 1 amide bonds. The first kappa shape index (κ1) is 23.8. The molecule has 180 valence electrons. The van der Waals surface area contributed by atoms with E-state index < -0.39 is 11.7 Å². The van der Waals surface area contributed by atoms with Crippen LogP contribution >= 0.6 is 0 Å². The lowest BCUT2D eigenvalue weighted by molar-refractivity contribution is 0.1000. The van der Waals surface area contributed by atoms with Crippen molar-refractivity contribution in [1.82, 2.24) is 9.88 Å². The molecule has 2 heterocycles. The van der Waals surface area contributed by atoms with Gasteiger partial charge in [-0.25, -0.2) is 4.39 Å². The Morgan fingerprint density at radius 2 is 1.91 bits per heavy atom. The first-order chi connectivity index (χ1) is 16.4. The van der Waals surface area contributed by atoms with E-state index in [1.807, 2.05) is 0 Å². The van der Waals surface area contributed by atoms with Gasteiger partial charge < -0.3 is 24.8 Å². The third-order valence-corrected chi connectivity index (χ3v) is 6.18. The van der Waals surface area contributed by atoms with Crippen molar-refractivity contribution in [3.63, 3.8) is 0 Å². The van der Waals surface area contributed by atoms with Crippen LogP contribution in [0.1, 0.15) is 36.5 Å². The summed E-state index contributed by atoms with van der Waals surface area (Å²) in [6, 6.07) is 9.06. The van der Waals surface area contributed by atoms with Gasteiger partial charge in [-0.2, -0.15) is 0 Å². The lowest BCUT2D eigenvalue weighted by atomic mass is 9.99. The van der Waals surface area contributed by atoms with Crippen molar-refractivity contribution in [3.8, 4) is 23.0 Å². The van der Waals surface area contributed by atoms with E-state index in [9.17, 15) is 9.18 Å². The van der Waals surface area contributed by atoms with Crippen molar-refractivity contribution in [3.05, 3.63) is 54.0 Å². The van der Waals surface area contributed by atoms with Crippen LogP contribution in [0.25, 0.3) is 10.9 Å². The Labute approximate surface area is 198 Å². The number of fused-ring (bicyclic) bond motifs is 1. The van der Waals surface area contributed by atoms with Crippen LogP contribution < -0.4 is 19.9 Å². The molecule has 0 spiro atoms. The van der Waals surface area contributed by atoms with Crippen LogP contribution in [-0.4, -0.2) is 49.1 Å². The predicted octanol–water partition coefficient (Wildman–Crippen LogP) is 4.77. The number of nitrogens with zero attached hydrogens (tertiary/aromatic N) is 2. The number of aromatic nitrogens is 1. The van der Waals surface area contributed by atoms with Crippen molar-refractivity contribution < 1.29 is 23.4 Å². The lowest BCUT2D eigenvalue weighted by Crippen LogP contribution is -2.34. The van der Waals surface area contributed by atoms with Gasteiger partial charge in [-0.1, -0.05) is 6.92 Å². The fraction of sp³-hybridized carbons (Fsp3) is 0.385. The fourth-order valence-corrected chi connectivity index (χ4v) is 4.10. The maximum atomic E-state index is 14.4. The molecule has 8 heteroatoms. The normalized spacial score (nSPS) is 14.8. The summed E-state index contributed by atoms with van der Waals surface area (Å²) < 4.78 is 31.8. The highest BCUT2D eigenvalue weighted by molar-refractivity contribution is 5.93. The molecular formula is C26H30FN3O4. The molecule has 0 radical (unpaired) electrons. The van der Waals surface area contributed by atoms with Crippen LogP contribution in [-0.2, 0) is 0 Å². The smallest absolute Gasteiger partial charge is 0.248 e. The zero-order valence-electron chi connectivity index (χ0n) is 19.6. The van der Waals surface area contributed by atoms with E-state index in [1.54, 1.807) is 31.5 Å². The number of halogens is 1. The third kappa shape index (κ3) is 5.56. The summed E-state index contributed by atoms with van der Waals surface area (Å²) in [7, 11) is 1.57. The Balaban J connectivity index is 1.47. The van der Waals surface area contributed by atoms with Crippen LogP contribution in [0.2, 0.25) is 0 Å². The van der Waals surface area contributed by atoms with Gasteiger partial charge in [0.2, 0.25) is 5.91 Å². The van der Waals surface area contributed by atoms with E-state index in [4.69, 9.17) is 19.9 Å². The molecular weight excluding hydrogens is 437 g/mol. The minimum atomic E-state index is -0.706. The Bertz CT molecular complexity index is 1160. The maximum absolute atomic E-state index is 14.4. The fourth-order valence-electron chi connectivity index (χ4n) is 4.10. The second kappa shape index (κ2) is 10.7. The molecule has 0 unspecified atom stereocenters. The Morgan fingerprint density at radius 1 is 1.12 bits per heavy atom. The minimum absolute atomic E-state index is 0.0242. The molecule has 0 bridgehead atoms. The highest BCUT2D eigenvalue weighted by Crippen LogP contribution is 2.37. The zero-order valence-corrected chi connectivity index (χ0v) is 19.6. The monoisotopic (exact) mass is 467 g/mol. The van der Waals surface area contributed by atoms with Crippen LogP contribution in [0.5, 0.6) is 23.0 Å². The number of hydrogen-bond donors (Lipinski definition) is 1. The number of benzene rings is 2. The van der Waals surface area contributed by atoms with Gasteiger partial charge in [0.15, 0.2) is 23.1 Å². The van der Waals surface area contributed by atoms with Gasteiger partial charge in [-0.15, -0.1) is 0 Å². The van der Waals surface area contributed by atoms with E-state index in [0.717, 1.165) is 38.0 Å². The van der Waals surface area contributed by atoms with Crippen molar-refractivity contribution >= 4 is 16.8 Å². The highest BCUT2D eigenvalue weighted by atomic mass is 19.1. The summed E-state index contributed by atoms with van der Waals surface area (Å²) in [5, 5.41) is 0.646. The van der Waals surface area contributed by atoms with Crippen molar-refractivity contribution in [1.29, 1.82) is 0 Å². The number of hydrogen-bond acceptors (Lipinski definition) is 6. The van der Waals surface area contributed by atoms with Crippen LogP contribution in [0.4, 0.5) is 4.39 Å². The summed E-state index contributed by atoms with van der Waals surface area (Å²) >= 11 is 0. The average molecular weight is 468 g/mol. The number of nitrogens with two attached hydrogens (primary N) is 1. The van der Waals surface area contributed by atoms with Gasteiger partial charge in [-0.3, -0.25) is 9.78 Å². The molecule has 3 aromatic rings. The van der Waals surface area contributed by atoms with Crippen LogP contribution in [0, 0.1) is 11.7 Å². The number of pyridine rings is 1. The molecule has 2 aromatic carbocycles. The van der Waals surface area contributed by atoms with E-state index in [1.165, 1.54) is 25.0 Å². The highest BCUT2D eigenvalue weighted by Gasteiger charge is 2.16. The summed E-state index contributed by atoms with van der Waals surface area (Å²) in [5.74, 6) is 0.954. The molecule has 4 rings (SSSR count). The summed E-state index contributed by atoms with van der Waals surface area (Å²) in [6.07, 6.45) is 5.02. The predicted molar refractivity (Wildman–Crippen MR) is 128 cm³/mol. The lowest BCUT2D eigenvalue weighted by Gasteiger charge is -2.30. The van der Waals surface area contributed by atoms with Gasteiger partial charge in [0.1, 0.15) is 5.75 Å². The number of likely N-dealkylation sites (tertiary alicyclic amines) is 1. The van der Waals surface area contributed by atoms with Gasteiger partial charge in [0.05, 0.1) is 19.2 Å². The molecule has 0 saturated carbocycles. The molecule has 0 aliphatic carbocycles. The van der Waals surface area contributed by atoms with Crippen molar-refractivity contribution in [2.24, 2.45) is 11.7 Å². The first-order valence-corrected chi connectivity index (χ1v) is 11.5. The van der Waals surface area contributed by atoms with E-state index in [2.05, 4.69) is 16.8 Å². The number of carbonyl (C=O) groups excluding carboxylic acids is 1. The van der Waals surface area contributed by atoms with Crippen LogP contribution in [0.15, 0.2) is 42.6 Å². The molecule has 2 N–H and O–H groups in total. The Morgan fingerprint density at radius 3 is 2.62 bits per heavy atom. The second-order valence-electron chi connectivity index (χ2n) is 8.67. The summed E-state index contributed by atoms with van der Waals surface area (Å²) in [4.78, 5) is 18.2. The van der Waals surface area contributed by atoms with Crippen molar-refractivity contribution in [2.75, 3.05) is 33.4 Å². The van der Waals surface area contributed by atoms with Crippen LogP contribution in [0.3, 0.4) is 0 Å². The topological polar surface area (TPSA) is 86.9 Å². The average Bonchev–Trinajstić information content (AvgIpc) is 2.83. The number of piperidine rings is 1. The van der Waals surface area contributed by atoms with Gasteiger partial charge in [0, 0.05) is 29.8 Å². The number of methoxy groups -OCH3 is 1. The molecule has 34 heavy (non-hydrogen) atoms. The van der Waals surface area contributed by atoms with E-state index in [-0.39, 0.29) is 11.3 Å². The van der Waals surface area contributed by atoms with E-state index in [0.29, 0.717) is 34.8 Å². The van der Waals surface area contributed by atoms with Crippen molar-refractivity contribution in [2.45, 2.75) is 26.2 Å². The number of rotatable bonds is 9. The minimum Gasteiger partial charge on any atom is -0.493 e. The van der Waals surface area contributed by atoms with E-state index >= 15 is 0 Å². The third-order valence-electron chi connectivity index (χ3n) is 6.18. The molecule has 7 nitrogen and oxygen atoms in total. The second-order valence-corrected chi connectivity index (χ2v) is 8.67. The molecule has 1 aliphatic heterocycles. The molecule has 1 fully saturated rings. The Hall–Kier alpha value is -3.39. The first-order valence-electron chi connectivity index (χ1n) is 11.5. The number of carbonyl (C=O) groups is 1. The quantitative estimate of drug-likeness (QED) is 0.456. The van der Waals surface area contributed by atoms with Gasteiger partial charge >= 0.3 is 0 Å². The van der Waals surface area contributed by atoms with Gasteiger partial charge in [-0.05, 0) is 68.6 Å². The Kier molecular flexibility index (Phi) is 7.47. The number of amides is 1. The summed E-state index contributed by atoms with van der Waals surface area (Å²) in [5.41, 5.74) is 5.91. The standard InChI is InChI=1S/C26H30FN3O4/c1-17-7-11-30(12-8-17)10-3-13-33-25-16-21-19(15-24(25)32-2)22(6-9-29-21)34-23-5-4-18(26(28)31)14-20(23)27/h4-6,9,14-17H,3,7-8,10-13H2,1-2H3,(H2,28,31). The number of primary amides is 1. The number of ether oxygens (including phenoxy) is 3. The zero-order chi connectivity index (χ0) is 24.1. The molecule has 1 aliphatic rings. The molecule has 0 atom stereocenters.